The van der Waals surface area contributed by atoms with E-state index in [1.54, 1.807) is 31.3 Å². The molecule has 6 nitrogen and oxygen atoms in total. The quantitative estimate of drug-likeness (QED) is 0.818. The molecule has 6 heteroatoms. The van der Waals surface area contributed by atoms with Gasteiger partial charge in [-0.05, 0) is 43.2 Å². The summed E-state index contributed by atoms with van der Waals surface area (Å²) in [4.78, 5) is 23.6. The number of nitrogens with zero attached hydrogens (tertiary/aromatic N) is 2. The third-order valence-electron chi connectivity index (χ3n) is 2.82. The number of carbonyl (C=O) groups is 1. The standard InChI is InChI=1S/C14H16N4O2/c1-9-5-14(20)18(16-7-9)8-13(19)17-12-4-3-11(15)6-10(12)2/h3-7H,8,15H2,1-2H3,(H,17,19). The summed E-state index contributed by atoms with van der Waals surface area (Å²) < 4.78 is 1.12. The van der Waals surface area contributed by atoms with Crippen molar-refractivity contribution < 1.29 is 4.79 Å². The van der Waals surface area contributed by atoms with Crippen molar-refractivity contribution in [3.05, 3.63) is 51.9 Å². The number of nitrogens with two attached hydrogens (primary N) is 1. The molecule has 0 saturated heterocycles. The van der Waals surface area contributed by atoms with Gasteiger partial charge in [0, 0.05) is 17.4 Å². The van der Waals surface area contributed by atoms with Gasteiger partial charge in [-0.25, -0.2) is 4.68 Å². The van der Waals surface area contributed by atoms with Gasteiger partial charge in [0.05, 0.1) is 6.20 Å². The van der Waals surface area contributed by atoms with Gasteiger partial charge in [-0.3, -0.25) is 9.59 Å². The second-order valence-corrected chi connectivity index (χ2v) is 4.65. The first-order valence-electron chi connectivity index (χ1n) is 6.15. The first-order valence-corrected chi connectivity index (χ1v) is 6.15. The lowest BCUT2D eigenvalue weighted by atomic mass is 10.2. The zero-order chi connectivity index (χ0) is 14.7. The zero-order valence-electron chi connectivity index (χ0n) is 11.4. The fourth-order valence-corrected chi connectivity index (χ4v) is 1.80. The van der Waals surface area contributed by atoms with Gasteiger partial charge < -0.3 is 11.1 Å². The molecule has 3 N–H and O–H groups in total. The smallest absolute Gasteiger partial charge is 0.267 e. The van der Waals surface area contributed by atoms with Crippen molar-refractivity contribution in [2.75, 3.05) is 11.1 Å². The number of anilines is 2. The van der Waals surface area contributed by atoms with Crippen molar-refractivity contribution in [2.24, 2.45) is 0 Å². The minimum atomic E-state index is -0.309. The second-order valence-electron chi connectivity index (χ2n) is 4.65. The van der Waals surface area contributed by atoms with Crippen LogP contribution in [0.4, 0.5) is 11.4 Å². The van der Waals surface area contributed by atoms with Crippen LogP contribution in [-0.4, -0.2) is 15.7 Å². The first kappa shape index (κ1) is 13.8. The average molecular weight is 272 g/mol. The van der Waals surface area contributed by atoms with Crippen LogP contribution in [0.1, 0.15) is 11.1 Å². The number of nitrogen functional groups attached to an aromatic ring is 1. The summed E-state index contributed by atoms with van der Waals surface area (Å²) >= 11 is 0. The van der Waals surface area contributed by atoms with Gasteiger partial charge in [0.1, 0.15) is 6.54 Å². The van der Waals surface area contributed by atoms with E-state index >= 15 is 0 Å². The molecule has 0 atom stereocenters. The fourth-order valence-electron chi connectivity index (χ4n) is 1.80. The first-order chi connectivity index (χ1) is 9.45. The Bertz CT molecular complexity index is 707. The van der Waals surface area contributed by atoms with Gasteiger partial charge in [0.15, 0.2) is 0 Å². The molecule has 0 fully saturated rings. The predicted molar refractivity (Wildman–Crippen MR) is 77.5 cm³/mol. The number of amides is 1. The largest absolute Gasteiger partial charge is 0.399 e. The van der Waals surface area contributed by atoms with E-state index in [4.69, 9.17) is 5.73 Å². The molecule has 1 aromatic heterocycles. The Labute approximate surface area is 116 Å². The van der Waals surface area contributed by atoms with E-state index in [0.29, 0.717) is 11.4 Å². The van der Waals surface area contributed by atoms with E-state index in [2.05, 4.69) is 10.4 Å². The summed E-state index contributed by atoms with van der Waals surface area (Å²) in [6.45, 7) is 3.50. The highest BCUT2D eigenvalue weighted by molar-refractivity contribution is 5.91. The molecule has 0 aliphatic heterocycles. The summed E-state index contributed by atoms with van der Waals surface area (Å²) in [5.41, 5.74) is 8.29. The summed E-state index contributed by atoms with van der Waals surface area (Å²) in [7, 11) is 0. The molecule has 2 aromatic rings. The van der Waals surface area contributed by atoms with E-state index in [1.165, 1.54) is 6.07 Å². The van der Waals surface area contributed by atoms with E-state index < -0.39 is 0 Å². The van der Waals surface area contributed by atoms with Crippen molar-refractivity contribution in [3.63, 3.8) is 0 Å². The summed E-state index contributed by atoms with van der Waals surface area (Å²) in [6.07, 6.45) is 1.54. The third kappa shape index (κ3) is 3.23. The van der Waals surface area contributed by atoms with Crippen LogP contribution in [0.5, 0.6) is 0 Å². The molecule has 0 radical (unpaired) electrons. The number of aromatic nitrogens is 2. The van der Waals surface area contributed by atoms with Crippen molar-refractivity contribution in [1.82, 2.24) is 9.78 Å². The molecule has 0 saturated carbocycles. The van der Waals surface area contributed by atoms with Crippen LogP contribution in [0.15, 0.2) is 35.3 Å². The van der Waals surface area contributed by atoms with Crippen LogP contribution in [0.3, 0.4) is 0 Å². The minimum Gasteiger partial charge on any atom is -0.399 e. The lowest BCUT2D eigenvalue weighted by molar-refractivity contribution is -0.117. The minimum absolute atomic E-state index is 0.122. The zero-order valence-corrected chi connectivity index (χ0v) is 11.4. The van der Waals surface area contributed by atoms with Crippen LogP contribution < -0.4 is 16.6 Å². The Morgan fingerprint density at radius 1 is 1.35 bits per heavy atom. The average Bonchev–Trinajstić information content (AvgIpc) is 2.36. The van der Waals surface area contributed by atoms with Crippen molar-refractivity contribution in [3.8, 4) is 0 Å². The topological polar surface area (TPSA) is 90.0 Å². The number of benzene rings is 1. The Morgan fingerprint density at radius 2 is 2.10 bits per heavy atom. The SMILES string of the molecule is Cc1cnn(CC(=O)Nc2ccc(N)cc2C)c(=O)c1. The van der Waals surface area contributed by atoms with Crippen molar-refractivity contribution in [1.29, 1.82) is 0 Å². The van der Waals surface area contributed by atoms with Gasteiger partial charge in [-0.2, -0.15) is 5.10 Å². The Morgan fingerprint density at radius 3 is 2.75 bits per heavy atom. The second kappa shape index (κ2) is 5.56. The highest BCUT2D eigenvalue weighted by Crippen LogP contribution is 2.17. The van der Waals surface area contributed by atoms with Gasteiger partial charge in [0.25, 0.3) is 5.56 Å². The van der Waals surface area contributed by atoms with E-state index in [1.807, 2.05) is 6.92 Å². The Kier molecular flexibility index (Phi) is 3.84. The van der Waals surface area contributed by atoms with Crippen LogP contribution in [0.2, 0.25) is 0 Å². The number of aryl methyl sites for hydroxylation is 2. The molecule has 20 heavy (non-hydrogen) atoms. The molecule has 0 spiro atoms. The molecule has 1 heterocycles. The molecule has 0 bridgehead atoms. The summed E-state index contributed by atoms with van der Waals surface area (Å²) in [5.74, 6) is -0.309. The lowest BCUT2D eigenvalue weighted by Crippen LogP contribution is -2.29. The number of hydrogen-bond donors (Lipinski definition) is 2. The van der Waals surface area contributed by atoms with E-state index in [0.717, 1.165) is 15.8 Å². The maximum Gasteiger partial charge on any atom is 0.267 e. The van der Waals surface area contributed by atoms with E-state index in [-0.39, 0.29) is 18.0 Å². The van der Waals surface area contributed by atoms with Crippen molar-refractivity contribution >= 4 is 17.3 Å². The maximum absolute atomic E-state index is 11.9. The van der Waals surface area contributed by atoms with Gasteiger partial charge in [-0.15, -0.1) is 0 Å². The molecular formula is C14H16N4O2. The number of nitrogens with one attached hydrogen (secondary N) is 1. The van der Waals surface area contributed by atoms with Crippen LogP contribution >= 0.6 is 0 Å². The highest BCUT2D eigenvalue weighted by atomic mass is 16.2. The Hall–Kier alpha value is -2.63. The third-order valence-corrected chi connectivity index (χ3v) is 2.82. The Balaban J connectivity index is 2.11. The van der Waals surface area contributed by atoms with Gasteiger partial charge >= 0.3 is 0 Å². The normalized spacial score (nSPS) is 10.3. The maximum atomic E-state index is 11.9. The van der Waals surface area contributed by atoms with Crippen molar-refractivity contribution in [2.45, 2.75) is 20.4 Å². The van der Waals surface area contributed by atoms with Crippen LogP contribution in [0, 0.1) is 13.8 Å². The molecule has 1 amide bonds. The number of carbonyl (C=O) groups excluding carboxylic acids is 1. The highest BCUT2D eigenvalue weighted by Gasteiger charge is 2.07. The van der Waals surface area contributed by atoms with E-state index in [9.17, 15) is 9.59 Å². The number of rotatable bonds is 3. The fraction of sp³-hybridized carbons (Fsp3) is 0.214. The van der Waals surface area contributed by atoms with Gasteiger partial charge in [-0.1, -0.05) is 0 Å². The molecule has 2 rings (SSSR count). The monoisotopic (exact) mass is 272 g/mol. The molecule has 0 aliphatic rings. The summed E-state index contributed by atoms with van der Waals surface area (Å²) in [6, 6.07) is 6.65. The van der Waals surface area contributed by atoms with Gasteiger partial charge in [0.2, 0.25) is 5.91 Å². The molecule has 1 aromatic carbocycles. The molecule has 0 aliphatic carbocycles. The van der Waals surface area contributed by atoms with Crippen LogP contribution in [0.25, 0.3) is 0 Å². The molecular weight excluding hydrogens is 256 g/mol. The predicted octanol–water partition coefficient (Wildman–Crippen LogP) is 1.08. The van der Waals surface area contributed by atoms with Crippen LogP contribution in [-0.2, 0) is 11.3 Å². The number of hydrogen-bond acceptors (Lipinski definition) is 4. The molecule has 0 unspecified atom stereocenters. The lowest BCUT2D eigenvalue weighted by Gasteiger charge is -2.09. The summed E-state index contributed by atoms with van der Waals surface area (Å²) in [5, 5.41) is 6.65. The molecule has 104 valence electrons.